The molecule has 0 radical (unpaired) electrons. The standard InChI is InChI=1S/C32H28N2O3/c1-2-36-31(35)30(22-24-23-33-29-21-13-12-20-28(24)29)34-37-32(25-14-6-3-7-15-25,26-16-8-4-9-17-26)27-18-10-5-11-19-27/h3-21,23,33H,2,22H2,1H3/b34-30+. The second-order valence-electron chi connectivity index (χ2n) is 8.67. The average Bonchev–Trinajstić information content (AvgIpc) is 3.37. The van der Waals surface area contributed by atoms with Crippen molar-refractivity contribution in [1.29, 1.82) is 0 Å². The summed E-state index contributed by atoms with van der Waals surface area (Å²) in [6.45, 7) is 2.03. The number of oxime groups is 1. The second kappa shape index (κ2) is 11.0. The van der Waals surface area contributed by atoms with Gasteiger partial charge >= 0.3 is 5.97 Å². The molecule has 4 aromatic carbocycles. The van der Waals surface area contributed by atoms with Crippen molar-refractivity contribution in [3.8, 4) is 0 Å². The molecule has 5 heteroatoms. The van der Waals surface area contributed by atoms with Crippen molar-refractivity contribution in [2.45, 2.75) is 18.9 Å². The minimum atomic E-state index is -1.08. The van der Waals surface area contributed by atoms with Crippen molar-refractivity contribution in [2.75, 3.05) is 6.61 Å². The Morgan fingerprint density at radius 2 is 1.27 bits per heavy atom. The van der Waals surface area contributed by atoms with Crippen LogP contribution in [0.5, 0.6) is 0 Å². The zero-order chi connectivity index (χ0) is 25.5. The summed E-state index contributed by atoms with van der Waals surface area (Å²) >= 11 is 0. The Morgan fingerprint density at radius 3 is 1.81 bits per heavy atom. The van der Waals surface area contributed by atoms with Gasteiger partial charge in [0.2, 0.25) is 5.60 Å². The van der Waals surface area contributed by atoms with Gasteiger partial charge in [0.1, 0.15) is 0 Å². The number of nitrogens with one attached hydrogen (secondary N) is 1. The Hall–Kier alpha value is -4.64. The number of para-hydroxylation sites is 1. The number of ether oxygens (including phenoxy) is 1. The second-order valence-corrected chi connectivity index (χ2v) is 8.67. The quantitative estimate of drug-likeness (QED) is 0.109. The number of aromatic nitrogens is 1. The molecule has 0 spiro atoms. The van der Waals surface area contributed by atoms with Crippen LogP contribution in [0, 0.1) is 0 Å². The molecule has 1 N–H and O–H groups in total. The van der Waals surface area contributed by atoms with E-state index in [2.05, 4.69) is 10.1 Å². The predicted octanol–water partition coefficient (Wildman–Crippen LogP) is 6.64. The van der Waals surface area contributed by atoms with Crippen LogP contribution in [-0.4, -0.2) is 23.3 Å². The highest BCUT2D eigenvalue weighted by Gasteiger charge is 2.40. The van der Waals surface area contributed by atoms with E-state index in [1.807, 2.05) is 121 Å². The van der Waals surface area contributed by atoms with E-state index in [9.17, 15) is 4.79 Å². The molecule has 184 valence electrons. The summed E-state index contributed by atoms with van der Waals surface area (Å²) in [4.78, 5) is 22.9. The van der Waals surface area contributed by atoms with Crippen LogP contribution in [-0.2, 0) is 26.4 Å². The number of benzene rings is 4. The number of hydrogen-bond donors (Lipinski definition) is 1. The molecule has 0 unspecified atom stereocenters. The van der Waals surface area contributed by atoms with Crippen molar-refractivity contribution in [1.82, 2.24) is 4.98 Å². The molecular formula is C32H28N2O3. The monoisotopic (exact) mass is 488 g/mol. The first kappa shape index (κ1) is 24.1. The summed E-state index contributed by atoms with van der Waals surface area (Å²) in [5.74, 6) is -0.504. The molecule has 0 aliphatic rings. The highest BCUT2D eigenvalue weighted by Crippen LogP contribution is 2.40. The lowest BCUT2D eigenvalue weighted by Crippen LogP contribution is -2.32. The number of H-pyrrole nitrogens is 1. The lowest BCUT2D eigenvalue weighted by Gasteiger charge is -2.33. The van der Waals surface area contributed by atoms with Crippen LogP contribution < -0.4 is 0 Å². The van der Waals surface area contributed by atoms with E-state index in [1.54, 1.807) is 6.92 Å². The maximum Gasteiger partial charge on any atom is 0.356 e. The van der Waals surface area contributed by atoms with Gasteiger partial charge in [-0.2, -0.15) is 0 Å². The topological polar surface area (TPSA) is 63.7 Å². The van der Waals surface area contributed by atoms with Crippen LogP contribution in [0.15, 0.2) is 127 Å². The SMILES string of the molecule is CCOC(=O)/C(Cc1c[nH]c2ccccc12)=N/OC(c1ccccc1)(c1ccccc1)c1ccccc1. The Morgan fingerprint density at radius 1 is 0.757 bits per heavy atom. The van der Waals surface area contributed by atoms with E-state index in [-0.39, 0.29) is 18.7 Å². The van der Waals surface area contributed by atoms with E-state index in [0.717, 1.165) is 33.2 Å². The summed E-state index contributed by atoms with van der Waals surface area (Å²) in [6.07, 6.45) is 2.16. The molecule has 0 amide bonds. The lowest BCUT2D eigenvalue weighted by atomic mass is 9.80. The van der Waals surface area contributed by atoms with Gasteiger partial charge in [-0.25, -0.2) is 4.79 Å². The van der Waals surface area contributed by atoms with Gasteiger partial charge in [0, 0.05) is 40.2 Å². The number of nitrogens with zero attached hydrogens (tertiary/aromatic N) is 1. The maximum absolute atomic E-state index is 13.1. The largest absolute Gasteiger partial charge is 0.461 e. The number of esters is 1. The first-order valence-corrected chi connectivity index (χ1v) is 12.4. The molecule has 0 saturated carbocycles. The molecule has 5 nitrogen and oxygen atoms in total. The molecule has 0 bridgehead atoms. The average molecular weight is 489 g/mol. The van der Waals surface area contributed by atoms with E-state index >= 15 is 0 Å². The fourth-order valence-corrected chi connectivity index (χ4v) is 4.61. The van der Waals surface area contributed by atoms with E-state index in [0.29, 0.717) is 0 Å². The summed E-state index contributed by atoms with van der Waals surface area (Å²) in [6, 6.07) is 37.8. The number of rotatable bonds is 9. The van der Waals surface area contributed by atoms with Crippen molar-refractivity contribution < 1.29 is 14.4 Å². The van der Waals surface area contributed by atoms with Gasteiger partial charge in [0.05, 0.1) is 6.61 Å². The van der Waals surface area contributed by atoms with Crippen LogP contribution in [0.25, 0.3) is 10.9 Å². The highest BCUT2D eigenvalue weighted by molar-refractivity contribution is 6.37. The number of fused-ring (bicyclic) bond motifs is 1. The number of aromatic amines is 1. The van der Waals surface area contributed by atoms with Crippen LogP contribution in [0.3, 0.4) is 0 Å². The molecule has 0 aliphatic carbocycles. The smallest absolute Gasteiger partial charge is 0.356 e. The summed E-state index contributed by atoms with van der Waals surface area (Å²) < 4.78 is 5.39. The summed E-state index contributed by atoms with van der Waals surface area (Å²) in [5, 5.41) is 5.58. The minimum Gasteiger partial charge on any atom is -0.461 e. The first-order chi connectivity index (χ1) is 18.2. The molecule has 0 atom stereocenters. The maximum atomic E-state index is 13.1. The summed E-state index contributed by atoms with van der Waals surface area (Å²) in [5.41, 5.74) is 3.73. The highest BCUT2D eigenvalue weighted by atomic mass is 16.7. The molecule has 1 heterocycles. The summed E-state index contributed by atoms with van der Waals surface area (Å²) in [7, 11) is 0. The first-order valence-electron chi connectivity index (χ1n) is 12.4. The van der Waals surface area contributed by atoms with Crippen molar-refractivity contribution in [2.24, 2.45) is 5.16 Å². The van der Waals surface area contributed by atoms with Crippen molar-refractivity contribution in [3.63, 3.8) is 0 Å². The Kier molecular flexibility index (Phi) is 7.13. The van der Waals surface area contributed by atoms with Gasteiger partial charge in [-0.3, -0.25) is 0 Å². The van der Waals surface area contributed by atoms with Gasteiger partial charge in [-0.1, -0.05) is 114 Å². The molecule has 0 aliphatic heterocycles. The van der Waals surface area contributed by atoms with Crippen molar-refractivity contribution >= 4 is 22.6 Å². The lowest BCUT2D eigenvalue weighted by molar-refractivity contribution is -0.135. The van der Waals surface area contributed by atoms with Crippen LogP contribution in [0.2, 0.25) is 0 Å². The van der Waals surface area contributed by atoms with Gasteiger partial charge in [-0.15, -0.1) is 0 Å². The fraction of sp³-hybridized carbons (Fsp3) is 0.125. The van der Waals surface area contributed by atoms with E-state index < -0.39 is 11.6 Å². The van der Waals surface area contributed by atoms with Gasteiger partial charge in [-0.05, 0) is 18.6 Å². The third-order valence-electron chi connectivity index (χ3n) is 6.38. The number of carbonyl (C=O) groups is 1. The molecule has 5 aromatic rings. The Bertz CT molecular complexity index is 1400. The molecule has 0 saturated heterocycles. The van der Waals surface area contributed by atoms with Gasteiger partial charge in [0.15, 0.2) is 5.71 Å². The predicted molar refractivity (Wildman–Crippen MR) is 146 cm³/mol. The fourth-order valence-electron chi connectivity index (χ4n) is 4.61. The Balaban J connectivity index is 1.65. The van der Waals surface area contributed by atoms with Crippen LogP contribution >= 0.6 is 0 Å². The van der Waals surface area contributed by atoms with Crippen LogP contribution in [0.1, 0.15) is 29.2 Å². The van der Waals surface area contributed by atoms with Gasteiger partial charge in [0.25, 0.3) is 0 Å². The number of carbonyl (C=O) groups excluding carboxylic acids is 1. The van der Waals surface area contributed by atoms with Gasteiger partial charge < -0.3 is 14.6 Å². The molecule has 37 heavy (non-hydrogen) atoms. The van der Waals surface area contributed by atoms with Crippen molar-refractivity contribution in [3.05, 3.63) is 144 Å². The molecule has 1 aromatic heterocycles. The third kappa shape index (κ3) is 4.89. The minimum absolute atomic E-state index is 0.193. The molecule has 5 rings (SSSR count). The third-order valence-corrected chi connectivity index (χ3v) is 6.38. The normalized spacial score (nSPS) is 11.9. The van der Waals surface area contributed by atoms with Crippen LogP contribution in [0.4, 0.5) is 0 Å². The Labute approximate surface area is 216 Å². The molecule has 0 fully saturated rings. The van der Waals surface area contributed by atoms with E-state index in [1.165, 1.54) is 0 Å². The molecular weight excluding hydrogens is 460 g/mol. The van der Waals surface area contributed by atoms with E-state index in [4.69, 9.17) is 9.57 Å². The zero-order valence-electron chi connectivity index (χ0n) is 20.6. The zero-order valence-corrected chi connectivity index (χ0v) is 20.6. The number of hydrogen-bond acceptors (Lipinski definition) is 4.